The second-order valence-electron chi connectivity index (χ2n) is 8.88. The molecule has 202 valence electrons. The van der Waals surface area contributed by atoms with Crippen molar-refractivity contribution in [2.24, 2.45) is 0 Å². The van der Waals surface area contributed by atoms with E-state index >= 15 is 0 Å². The number of ether oxygens (including phenoxy) is 2. The van der Waals surface area contributed by atoms with Gasteiger partial charge in [-0.25, -0.2) is 12.8 Å². The number of nitrogens with zero attached hydrogens (tertiary/aromatic N) is 2. The highest BCUT2D eigenvalue weighted by Gasteiger charge is 2.32. The summed E-state index contributed by atoms with van der Waals surface area (Å²) < 4.78 is 51.7. The highest BCUT2D eigenvalue weighted by atomic mass is 32.2. The average Bonchev–Trinajstić information content (AvgIpc) is 2.90. The smallest absolute Gasteiger partial charge is 0.244 e. The fourth-order valence-electron chi connectivity index (χ4n) is 3.74. The van der Waals surface area contributed by atoms with E-state index in [1.807, 2.05) is 13.8 Å². The second kappa shape index (κ2) is 12.3. The summed E-state index contributed by atoms with van der Waals surface area (Å²) in [5, 5.41) is 2.87. The van der Waals surface area contributed by atoms with Gasteiger partial charge in [0.2, 0.25) is 21.8 Å². The number of carbonyl (C=O) groups excluding carboxylic acids is 2. The van der Waals surface area contributed by atoms with E-state index in [1.54, 1.807) is 19.1 Å². The maximum absolute atomic E-state index is 13.7. The van der Waals surface area contributed by atoms with Gasteiger partial charge < -0.3 is 19.7 Å². The van der Waals surface area contributed by atoms with Crippen molar-refractivity contribution in [2.45, 2.75) is 52.7 Å². The number of amides is 2. The van der Waals surface area contributed by atoms with Gasteiger partial charge in [0.25, 0.3) is 0 Å². The fourth-order valence-corrected chi connectivity index (χ4v) is 4.80. The summed E-state index contributed by atoms with van der Waals surface area (Å²) in [5.41, 5.74) is 0.847. The first-order chi connectivity index (χ1) is 17.6. The molecule has 0 aliphatic carbocycles. The van der Waals surface area contributed by atoms with Crippen molar-refractivity contribution in [2.75, 3.05) is 29.8 Å². The molecule has 0 bridgehead atoms. The molecule has 0 spiro atoms. The van der Waals surface area contributed by atoms with Crippen LogP contribution in [0.15, 0.2) is 42.5 Å². The molecule has 1 aliphatic heterocycles. The third-order valence-electron chi connectivity index (χ3n) is 6.23. The predicted molar refractivity (Wildman–Crippen MR) is 139 cm³/mol. The van der Waals surface area contributed by atoms with Gasteiger partial charge in [-0.2, -0.15) is 0 Å². The molecule has 3 rings (SSSR count). The molecule has 1 aliphatic rings. The number of hydrogen-bond donors (Lipinski definition) is 1. The van der Waals surface area contributed by atoms with Crippen LogP contribution in [0.3, 0.4) is 0 Å². The Labute approximate surface area is 217 Å². The van der Waals surface area contributed by atoms with E-state index < -0.39 is 34.3 Å². The van der Waals surface area contributed by atoms with E-state index in [0.29, 0.717) is 36.7 Å². The Morgan fingerprint density at radius 2 is 1.68 bits per heavy atom. The molecule has 11 heteroatoms. The van der Waals surface area contributed by atoms with Gasteiger partial charge >= 0.3 is 0 Å². The first-order valence-electron chi connectivity index (χ1n) is 12.3. The topological polar surface area (TPSA) is 105 Å². The number of hydrogen-bond acceptors (Lipinski definition) is 6. The zero-order chi connectivity index (χ0) is 27.2. The summed E-state index contributed by atoms with van der Waals surface area (Å²) in [7, 11) is -3.88. The lowest BCUT2D eigenvalue weighted by atomic mass is 10.1. The Kier molecular flexibility index (Phi) is 9.36. The second-order valence-corrected chi connectivity index (χ2v) is 11.1. The van der Waals surface area contributed by atoms with Crippen LogP contribution in [0, 0.1) is 5.82 Å². The fraction of sp³-hybridized carbons (Fsp3) is 0.462. The Bertz CT molecular complexity index is 1210. The van der Waals surface area contributed by atoms with Crippen molar-refractivity contribution in [3.05, 3.63) is 53.8 Å². The number of nitrogens with one attached hydrogen (secondary N) is 1. The molecule has 1 heterocycles. The zero-order valence-electron chi connectivity index (χ0n) is 21.6. The monoisotopic (exact) mass is 535 g/mol. The zero-order valence-corrected chi connectivity index (χ0v) is 22.4. The van der Waals surface area contributed by atoms with Gasteiger partial charge in [-0.3, -0.25) is 13.9 Å². The van der Waals surface area contributed by atoms with Crippen LogP contribution in [0.1, 0.15) is 39.7 Å². The minimum absolute atomic E-state index is 0.00461. The summed E-state index contributed by atoms with van der Waals surface area (Å²) in [5.74, 6) is -0.739. The Morgan fingerprint density at radius 3 is 2.30 bits per heavy atom. The van der Waals surface area contributed by atoms with Crippen molar-refractivity contribution in [1.29, 1.82) is 0 Å². The Balaban J connectivity index is 1.94. The van der Waals surface area contributed by atoms with Crippen molar-refractivity contribution in [3.63, 3.8) is 0 Å². The lowest BCUT2D eigenvalue weighted by Crippen LogP contribution is -2.52. The summed E-state index contributed by atoms with van der Waals surface area (Å²) in [6.45, 7) is 7.03. The van der Waals surface area contributed by atoms with Crippen LogP contribution < -0.4 is 19.1 Å². The molecule has 1 N–H and O–H groups in total. The number of fused-ring (bicyclic) bond motifs is 1. The van der Waals surface area contributed by atoms with Crippen molar-refractivity contribution < 1.29 is 31.9 Å². The highest BCUT2D eigenvalue weighted by Crippen LogP contribution is 2.35. The molecule has 2 unspecified atom stereocenters. The number of rotatable bonds is 11. The lowest BCUT2D eigenvalue weighted by molar-refractivity contribution is -0.139. The van der Waals surface area contributed by atoms with Gasteiger partial charge in [0.05, 0.1) is 11.4 Å². The van der Waals surface area contributed by atoms with Gasteiger partial charge in [-0.15, -0.1) is 0 Å². The molecule has 2 aromatic rings. The van der Waals surface area contributed by atoms with Crippen molar-refractivity contribution in [3.8, 4) is 11.5 Å². The lowest BCUT2D eigenvalue weighted by Gasteiger charge is -2.32. The summed E-state index contributed by atoms with van der Waals surface area (Å²) >= 11 is 0. The Morgan fingerprint density at radius 1 is 1.03 bits per heavy atom. The Hall–Kier alpha value is -3.34. The van der Waals surface area contributed by atoms with Crippen LogP contribution in [0.2, 0.25) is 0 Å². The molecule has 0 aromatic heterocycles. The maximum atomic E-state index is 13.7. The molecule has 2 atom stereocenters. The minimum Gasteiger partial charge on any atom is -0.486 e. The van der Waals surface area contributed by atoms with Gasteiger partial charge in [-0.1, -0.05) is 19.1 Å². The van der Waals surface area contributed by atoms with Gasteiger partial charge in [0, 0.05) is 18.7 Å². The molecule has 0 saturated heterocycles. The summed E-state index contributed by atoms with van der Waals surface area (Å²) in [6, 6.07) is 9.26. The van der Waals surface area contributed by atoms with Gasteiger partial charge in [0.1, 0.15) is 31.6 Å². The molecule has 37 heavy (non-hydrogen) atoms. The van der Waals surface area contributed by atoms with E-state index in [2.05, 4.69) is 5.32 Å². The van der Waals surface area contributed by atoms with Crippen molar-refractivity contribution >= 4 is 27.5 Å². The summed E-state index contributed by atoms with van der Waals surface area (Å²) in [4.78, 5) is 27.9. The first-order valence-corrected chi connectivity index (χ1v) is 13.9. The van der Waals surface area contributed by atoms with Crippen LogP contribution in [-0.4, -0.2) is 62.7 Å². The summed E-state index contributed by atoms with van der Waals surface area (Å²) in [6.07, 6.45) is 0.705. The SMILES string of the molecule is CCC(C)NC(=O)C(C)N(Cc1ccc(F)cc1)C(=O)CN(c1ccc2c(c1)OCCO2)S(=O)(=O)CC. The third-order valence-corrected chi connectivity index (χ3v) is 7.97. The van der Waals surface area contributed by atoms with E-state index in [-0.39, 0.29) is 29.9 Å². The van der Waals surface area contributed by atoms with Crippen LogP contribution in [0.25, 0.3) is 0 Å². The van der Waals surface area contributed by atoms with Crippen LogP contribution in [0.5, 0.6) is 11.5 Å². The maximum Gasteiger partial charge on any atom is 0.244 e. The predicted octanol–water partition coefficient (Wildman–Crippen LogP) is 3.09. The third kappa shape index (κ3) is 7.12. The minimum atomic E-state index is -3.88. The molecular formula is C26H34FN3O6S. The molecule has 9 nitrogen and oxygen atoms in total. The van der Waals surface area contributed by atoms with E-state index in [0.717, 1.165) is 4.31 Å². The van der Waals surface area contributed by atoms with E-state index in [1.165, 1.54) is 42.2 Å². The average molecular weight is 536 g/mol. The number of benzene rings is 2. The largest absolute Gasteiger partial charge is 0.486 e. The van der Waals surface area contributed by atoms with Crippen molar-refractivity contribution in [1.82, 2.24) is 10.2 Å². The van der Waals surface area contributed by atoms with Crippen LogP contribution in [0.4, 0.5) is 10.1 Å². The molecule has 2 amide bonds. The van der Waals surface area contributed by atoms with E-state index in [4.69, 9.17) is 9.47 Å². The molecule has 0 saturated carbocycles. The number of halogens is 1. The highest BCUT2D eigenvalue weighted by molar-refractivity contribution is 7.92. The van der Waals surface area contributed by atoms with E-state index in [9.17, 15) is 22.4 Å². The van der Waals surface area contributed by atoms with Gasteiger partial charge in [-0.05, 0) is 57.0 Å². The number of carbonyl (C=O) groups is 2. The standard InChI is InChI=1S/C26H34FN3O6S/c1-5-18(3)28-26(32)19(4)29(16-20-7-9-21(27)10-8-20)25(31)17-30(37(33,34)6-2)22-11-12-23-24(15-22)36-14-13-35-23/h7-12,15,18-19H,5-6,13-14,16-17H2,1-4H3,(H,28,32). The molecule has 0 radical (unpaired) electrons. The number of sulfonamides is 1. The number of anilines is 1. The molecule has 2 aromatic carbocycles. The molecule has 0 fully saturated rings. The first kappa shape index (κ1) is 28.2. The quantitative estimate of drug-likeness (QED) is 0.474. The van der Waals surface area contributed by atoms with Gasteiger partial charge in [0.15, 0.2) is 11.5 Å². The van der Waals surface area contributed by atoms with Crippen LogP contribution >= 0.6 is 0 Å². The molecular weight excluding hydrogens is 501 g/mol. The van der Waals surface area contributed by atoms with Crippen LogP contribution in [-0.2, 0) is 26.2 Å². The normalized spacial score (nSPS) is 14.4.